The zero-order valence-electron chi connectivity index (χ0n) is 15.0. The Kier molecular flexibility index (Phi) is 6.27. The summed E-state index contributed by atoms with van der Waals surface area (Å²) in [7, 11) is -3.80. The highest BCUT2D eigenvalue weighted by Gasteiger charge is 2.17. The van der Waals surface area contributed by atoms with E-state index in [0.29, 0.717) is 23.0 Å². The Balaban J connectivity index is 1.66. The van der Waals surface area contributed by atoms with Gasteiger partial charge in [0.2, 0.25) is 0 Å². The second-order valence-corrected chi connectivity index (χ2v) is 8.40. The Hall–Kier alpha value is -2.91. The average Bonchev–Trinajstić information content (AvgIpc) is 3.09. The Bertz CT molecular complexity index is 1030. The zero-order chi connectivity index (χ0) is 20.0. The molecular weight excluding hydrogens is 400 g/mol. The summed E-state index contributed by atoms with van der Waals surface area (Å²) in [5.41, 5.74) is 0. The molecule has 0 spiro atoms. The Morgan fingerprint density at radius 1 is 1.07 bits per heavy atom. The number of nitrogens with one attached hydrogen (secondary N) is 1. The van der Waals surface area contributed by atoms with Crippen molar-refractivity contribution in [2.24, 2.45) is 0 Å². The first kappa shape index (κ1) is 19.8. The molecule has 28 heavy (non-hydrogen) atoms. The van der Waals surface area contributed by atoms with Gasteiger partial charge in [-0.1, -0.05) is 18.2 Å². The van der Waals surface area contributed by atoms with Crippen LogP contribution in [0.2, 0.25) is 0 Å². The molecule has 0 radical (unpaired) electrons. The van der Waals surface area contributed by atoms with Crippen molar-refractivity contribution in [1.29, 1.82) is 0 Å². The van der Waals surface area contributed by atoms with Crippen LogP contribution >= 0.6 is 11.3 Å². The minimum Gasteiger partial charge on any atom is -0.466 e. The van der Waals surface area contributed by atoms with Crippen molar-refractivity contribution in [2.75, 3.05) is 11.3 Å². The van der Waals surface area contributed by atoms with E-state index < -0.39 is 10.0 Å². The Morgan fingerprint density at radius 2 is 1.75 bits per heavy atom. The van der Waals surface area contributed by atoms with Gasteiger partial charge in [0.25, 0.3) is 10.0 Å². The first-order valence-corrected chi connectivity index (χ1v) is 10.7. The van der Waals surface area contributed by atoms with Crippen molar-refractivity contribution < 1.29 is 22.7 Å². The van der Waals surface area contributed by atoms with E-state index in [0.717, 1.165) is 11.3 Å². The van der Waals surface area contributed by atoms with Crippen LogP contribution in [-0.4, -0.2) is 26.0 Å². The molecule has 1 N–H and O–H groups in total. The lowest BCUT2D eigenvalue weighted by atomic mass is 10.3. The van der Waals surface area contributed by atoms with Gasteiger partial charge in [0.15, 0.2) is 5.13 Å². The van der Waals surface area contributed by atoms with Gasteiger partial charge in [0.05, 0.1) is 17.9 Å². The fourth-order valence-corrected chi connectivity index (χ4v) is 4.32. The summed E-state index contributed by atoms with van der Waals surface area (Å²) in [4.78, 5) is 16.2. The third-order valence-corrected chi connectivity index (χ3v) is 5.91. The molecule has 3 aromatic rings. The number of sulfonamides is 1. The first-order valence-electron chi connectivity index (χ1n) is 8.42. The Labute approximate surface area is 167 Å². The number of carbonyl (C=O) groups excluding carboxylic acids is 1. The quantitative estimate of drug-likeness (QED) is 0.559. The van der Waals surface area contributed by atoms with Gasteiger partial charge >= 0.3 is 5.97 Å². The molecule has 9 heteroatoms. The summed E-state index contributed by atoms with van der Waals surface area (Å²) >= 11 is 1.09. The number of anilines is 1. The number of hydrogen-bond acceptors (Lipinski definition) is 7. The highest BCUT2D eigenvalue weighted by atomic mass is 32.2. The molecule has 0 fully saturated rings. The highest BCUT2D eigenvalue weighted by Crippen LogP contribution is 2.25. The van der Waals surface area contributed by atoms with Crippen LogP contribution < -0.4 is 9.46 Å². The van der Waals surface area contributed by atoms with Crippen molar-refractivity contribution in [3.63, 3.8) is 0 Å². The molecule has 0 aliphatic carbocycles. The highest BCUT2D eigenvalue weighted by molar-refractivity contribution is 7.93. The van der Waals surface area contributed by atoms with Crippen molar-refractivity contribution in [3.05, 3.63) is 65.7 Å². The number of hydrogen-bond donors (Lipinski definition) is 1. The van der Waals surface area contributed by atoms with Crippen LogP contribution in [0.25, 0.3) is 0 Å². The second kappa shape index (κ2) is 8.85. The standard InChI is InChI=1S/C19H18N2O5S2/c1-2-25-18(22)12-16-13-20-19(27-16)21-28(23,24)17-10-8-15(9-11-17)26-14-6-4-3-5-7-14/h3-11,13H,2,12H2,1H3,(H,20,21). The van der Waals surface area contributed by atoms with Crippen LogP contribution in [0.3, 0.4) is 0 Å². The summed E-state index contributed by atoms with van der Waals surface area (Å²) in [6.45, 7) is 2.02. The fourth-order valence-electron chi connectivity index (χ4n) is 2.28. The molecular formula is C19H18N2O5S2. The molecule has 0 saturated heterocycles. The van der Waals surface area contributed by atoms with Crippen LogP contribution in [0.5, 0.6) is 11.5 Å². The molecule has 0 bridgehead atoms. The van der Waals surface area contributed by atoms with Gasteiger partial charge in [-0.3, -0.25) is 9.52 Å². The van der Waals surface area contributed by atoms with Crippen LogP contribution in [0.15, 0.2) is 65.7 Å². The molecule has 0 atom stereocenters. The van der Waals surface area contributed by atoms with E-state index in [2.05, 4.69) is 9.71 Å². The van der Waals surface area contributed by atoms with Gasteiger partial charge in [-0.15, -0.1) is 11.3 Å². The number of para-hydroxylation sites is 1. The summed E-state index contributed by atoms with van der Waals surface area (Å²) in [5.74, 6) is 0.804. The Morgan fingerprint density at radius 3 is 2.43 bits per heavy atom. The van der Waals surface area contributed by atoms with Gasteiger partial charge in [-0.25, -0.2) is 13.4 Å². The van der Waals surface area contributed by atoms with E-state index in [9.17, 15) is 13.2 Å². The molecule has 146 valence electrons. The number of ether oxygens (including phenoxy) is 2. The largest absolute Gasteiger partial charge is 0.466 e. The molecule has 0 aliphatic heterocycles. The lowest BCUT2D eigenvalue weighted by Crippen LogP contribution is -2.12. The molecule has 1 heterocycles. The monoisotopic (exact) mass is 418 g/mol. The van der Waals surface area contributed by atoms with E-state index in [4.69, 9.17) is 9.47 Å². The summed E-state index contributed by atoms with van der Waals surface area (Å²) in [6, 6.07) is 15.3. The maximum Gasteiger partial charge on any atom is 0.311 e. The fraction of sp³-hybridized carbons (Fsp3) is 0.158. The van der Waals surface area contributed by atoms with Gasteiger partial charge in [0, 0.05) is 11.1 Å². The topological polar surface area (TPSA) is 94.6 Å². The van der Waals surface area contributed by atoms with Crippen molar-refractivity contribution >= 4 is 32.5 Å². The normalized spacial score (nSPS) is 11.0. The maximum absolute atomic E-state index is 12.5. The lowest BCUT2D eigenvalue weighted by Gasteiger charge is -2.08. The molecule has 0 aliphatic rings. The van der Waals surface area contributed by atoms with Gasteiger partial charge in [-0.05, 0) is 43.3 Å². The first-order chi connectivity index (χ1) is 13.5. The lowest BCUT2D eigenvalue weighted by molar-refractivity contribution is -0.142. The molecule has 3 rings (SSSR count). The molecule has 0 unspecified atom stereocenters. The third kappa shape index (κ3) is 5.30. The van der Waals surface area contributed by atoms with Crippen LogP contribution in [0, 0.1) is 0 Å². The number of benzene rings is 2. The molecule has 0 amide bonds. The molecule has 7 nitrogen and oxygen atoms in total. The molecule has 1 aromatic heterocycles. The van der Waals surface area contributed by atoms with Gasteiger partial charge < -0.3 is 9.47 Å². The summed E-state index contributed by atoms with van der Waals surface area (Å²) < 4.78 is 38.0. The molecule has 0 saturated carbocycles. The number of rotatable bonds is 8. The van der Waals surface area contributed by atoms with E-state index in [1.165, 1.54) is 18.3 Å². The number of thiazole rings is 1. The second-order valence-electron chi connectivity index (χ2n) is 5.61. The predicted octanol–water partition coefficient (Wildman–Crippen LogP) is 3.84. The summed E-state index contributed by atoms with van der Waals surface area (Å²) in [5, 5.41) is 0.184. The number of nitrogens with zero attached hydrogens (tertiary/aromatic N) is 1. The van der Waals surface area contributed by atoms with Crippen LogP contribution in [0.4, 0.5) is 5.13 Å². The average molecular weight is 418 g/mol. The molecule has 2 aromatic carbocycles. The number of carbonyl (C=O) groups is 1. The minimum atomic E-state index is -3.80. The van der Waals surface area contributed by atoms with Crippen molar-refractivity contribution in [3.8, 4) is 11.5 Å². The van der Waals surface area contributed by atoms with E-state index in [-0.39, 0.29) is 22.4 Å². The maximum atomic E-state index is 12.5. The van der Waals surface area contributed by atoms with Crippen molar-refractivity contribution in [2.45, 2.75) is 18.2 Å². The predicted molar refractivity (Wildman–Crippen MR) is 106 cm³/mol. The van der Waals surface area contributed by atoms with E-state index >= 15 is 0 Å². The number of aromatic nitrogens is 1. The van der Waals surface area contributed by atoms with Gasteiger partial charge in [0.1, 0.15) is 11.5 Å². The third-order valence-electron chi connectivity index (χ3n) is 3.51. The van der Waals surface area contributed by atoms with Crippen molar-refractivity contribution in [1.82, 2.24) is 4.98 Å². The van der Waals surface area contributed by atoms with E-state index in [1.807, 2.05) is 30.3 Å². The summed E-state index contributed by atoms with van der Waals surface area (Å²) in [6.07, 6.45) is 1.51. The number of esters is 1. The SMILES string of the molecule is CCOC(=O)Cc1cnc(NS(=O)(=O)c2ccc(Oc3ccccc3)cc2)s1. The van der Waals surface area contributed by atoms with E-state index in [1.54, 1.807) is 19.1 Å². The smallest absolute Gasteiger partial charge is 0.311 e. The van der Waals surface area contributed by atoms with Crippen LogP contribution in [0.1, 0.15) is 11.8 Å². The van der Waals surface area contributed by atoms with Gasteiger partial charge in [-0.2, -0.15) is 0 Å². The minimum absolute atomic E-state index is 0.0543. The zero-order valence-corrected chi connectivity index (χ0v) is 16.6. The van der Waals surface area contributed by atoms with Crippen LogP contribution in [-0.2, 0) is 26.0 Å².